The first-order valence-corrected chi connectivity index (χ1v) is 10.0. The second kappa shape index (κ2) is 6.74. The predicted molar refractivity (Wildman–Crippen MR) is 104 cm³/mol. The van der Waals surface area contributed by atoms with E-state index in [0.29, 0.717) is 12.1 Å². The SMILES string of the molecule is O=C(CN1Cc2c(cnn2-c2ccccc2)C1=O)NCC12CCN(CC1)CC2. The number of fused-ring (bicyclic) bond motifs is 4. The summed E-state index contributed by atoms with van der Waals surface area (Å²) in [6.45, 7) is 4.68. The molecule has 6 rings (SSSR count). The summed E-state index contributed by atoms with van der Waals surface area (Å²) < 4.78 is 1.79. The van der Waals surface area contributed by atoms with Crippen LogP contribution in [0.15, 0.2) is 36.5 Å². The second-order valence-corrected chi connectivity index (χ2v) is 8.28. The summed E-state index contributed by atoms with van der Waals surface area (Å²) in [5.74, 6) is -0.184. The van der Waals surface area contributed by atoms with Gasteiger partial charge in [-0.05, 0) is 56.4 Å². The fourth-order valence-electron chi connectivity index (χ4n) is 4.72. The molecule has 1 aromatic heterocycles. The van der Waals surface area contributed by atoms with Gasteiger partial charge >= 0.3 is 0 Å². The third-order valence-electron chi connectivity index (χ3n) is 6.60. The van der Waals surface area contributed by atoms with E-state index >= 15 is 0 Å². The van der Waals surface area contributed by atoms with Crippen LogP contribution in [0.5, 0.6) is 0 Å². The van der Waals surface area contributed by atoms with E-state index in [9.17, 15) is 9.59 Å². The predicted octanol–water partition coefficient (Wildman–Crippen LogP) is 1.43. The lowest BCUT2D eigenvalue weighted by Gasteiger charge is -2.48. The number of benzene rings is 1. The first-order chi connectivity index (χ1) is 13.6. The van der Waals surface area contributed by atoms with E-state index in [1.807, 2.05) is 30.3 Å². The summed E-state index contributed by atoms with van der Waals surface area (Å²) in [7, 11) is 0. The number of carbonyl (C=O) groups excluding carboxylic acids is 2. The van der Waals surface area contributed by atoms with Gasteiger partial charge in [0.2, 0.25) is 5.91 Å². The smallest absolute Gasteiger partial charge is 0.258 e. The molecule has 146 valence electrons. The molecule has 2 aromatic rings. The van der Waals surface area contributed by atoms with Crippen LogP contribution < -0.4 is 5.32 Å². The van der Waals surface area contributed by atoms with Crippen LogP contribution in [0.4, 0.5) is 0 Å². The zero-order chi connectivity index (χ0) is 19.1. The Bertz CT molecular complexity index is 885. The molecule has 3 saturated heterocycles. The molecule has 4 aliphatic heterocycles. The molecule has 0 atom stereocenters. The van der Waals surface area contributed by atoms with Gasteiger partial charge in [-0.2, -0.15) is 5.10 Å². The van der Waals surface area contributed by atoms with Crippen molar-refractivity contribution in [1.29, 1.82) is 0 Å². The highest BCUT2D eigenvalue weighted by Crippen LogP contribution is 2.39. The Labute approximate surface area is 164 Å². The number of carbonyl (C=O) groups is 2. The van der Waals surface area contributed by atoms with Crippen LogP contribution in [-0.2, 0) is 11.3 Å². The van der Waals surface area contributed by atoms with Crippen LogP contribution in [0, 0.1) is 5.41 Å². The molecule has 0 unspecified atom stereocenters. The van der Waals surface area contributed by atoms with Gasteiger partial charge in [-0.3, -0.25) is 9.59 Å². The highest BCUT2D eigenvalue weighted by molar-refractivity contribution is 5.99. The molecule has 2 amide bonds. The summed E-state index contributed by atoms with van der Waals surface area (Å²) >= 11 is 0. The van der Waals surface area contributed by atoms with Crippen LogP contribution >= 0.6 is 0 Å². The summed E-state index contributed by atoms with van der Waals surface area (Å²) in [5.41, 5.74) is 2.62. The van der Waals surface area contributed by atoms with E-state index in [0.717, 1.165) is 56.8 Å². The molecule has 28 heavy (non-hydrogen) atoms. The Balaban J connectivity index is 1.22. The van der Waals surface area contributed by atoms with Crippen molar-refractivity contribution in [3.8, 4) is 5.69 Å². The number of amides is 2. The van der Waals surface area contributed by atoms with Crippen molar-refractivity contribution in [2.45, 2.75) is 25.8 Å². The lowest BCUT2D eigenvalue weighted by atomic mass is 9.72. The molecule has 3 fully saturated rings. The number of nitrogens with zero attached hydrogens (tertiary/aromatic N) is 4. The Morgan fingerprint density at radius 1 is 1.11 bits per heavy atom. The maximum absolute atomic E-state index is 12.7. The first kappa shape index (κ1) is 17.4. The maximum Gasteiger partial charge on any atom is 0.258 e. The number of hydrogen-bond acceptors (Lipinski definition) is 4. The van der Waals surface area contributed by atoms with E-state index in [-0.39, 0.29) is 23.8 Å². The minimum atomic E-state index is -0.114. The second-order valence-electron chi connectivity index (χ2n) is 8.28. The van der Waals surface area contributed by atoms with E-state index in [2.05, 4.69) is 15.3 Å². The molecule has 2 bridgehead atoms. The fraction of sp³-hybridized carbons (Fsp3) is 0.476. The molecular weight excluding hydrogens is 354 g/mol. The Hall–Kier alpha value is -2.67. The van der Waals surface area contributed by atoms with Crippen molar-refractivity contribution < 1.29 is 9.59 Å². The topological polar surface area (TPSA) is 70.5 Å². The molecule has 0 radical (unpaired) electrons. The number of aromatic nitrogens is 2. The number of rotatable bonds is 5. The van der Waals surface area contributed by atoms with Gasteiger partial charge in [0.05, 0.1) is 29.7 Å². The lowest BCUT2D eigenvalue weighted by molar-refractivity contribution is -0.122. The Kier molecular flexibility index (Phi) is 4.19. The standard InChI is InChI=1S/C21H25N5O2/c27-19(22-15-21-6-9-24(10-7-21)11-8-21)14-25-13-18-17(20(25)28)12-23-26(18)16-4-2-1-3-5-16/h1-5,12H,6-11,13-15H2,(H,22,27). The molecule has 1 N–H and O–H groups in total. The van der Waals surface area contributed by atoms with Crippen molar-refractivity contribution in [2.75, 3.05) is 32.7 Å². The third kappa shape index (κ3) is 2.99. The summed E-state index contributed by atoms with van der Waals surface area (Å²) in [6, 6.07) is 9.76. The van der Waals surface area contributed by atoms with Gasteiger partial charge in [0, 0.05) is 6.54 Å². The van der Waals surface area contributed by atoms with Crippen molar-refractivity contribution in [2.24, 2.45) is 5.41 Å². The lowest BCUT2D eigenvalue weighted by Crippen LogP contribution is -2.53. The monoisotopic (exact) mass is 379 g/mol. The molecule has 0 spiro atoms. The van der Waals surface area contributed by atoms with Crippen LogP contribution in [0.3, 0.4) is 0 Å². The van der Waals surface area contributed by atoms with Gasteiger partial charge in [-0.1, -0.05) is 18.2 Å². The average molecular weight is 379 g/mol. The van der Waals surface area contributed by atoms with Crippen molar-refractivity contribution in [1.82, 2.24) is 24.9 Å². The quantitative estimate of drug-likeness (QED) is 0.853. The number of nitrogens with one attached hydrogen (secondary N) is 1. The van der Waals surface area contributed by atoms with Gasteiger partial charge in [0.15, 0.2) is 0 Å². The summed E-state index contributed by atoms with van der Waals surface area (Å²) in [5, 5.41) is 7.47. The normalized spacial score (nSPS) is 25.8. The van der Waals surface area contributed by atoms with Crippen LogP contribution in [0.25, 0.3) is 5.69 Å². The zero-order valence-corrected chi connectivity index (χ0v) is 15.9. The van der Waals surface area contributed by atoms with Gasteiger partial charge in [-0.15, -0.1) is 0 Å². The number of piperidine rings is 3. The summed E-state index contributed by atoms with van der Waals surface area (Å²) in [4.78, 5) is 29.4. The number of para-hydroxylation sites is 1. The van der Waals surface area contributed by atoms with E-state index < -0.39 is 0 Å². The third-order valence-corrected chi connectivity index (χ3v) is 6.60. The maximum atomic E-state index is 12.7. The van der Waals surface area contributed by atoms with Crippen LogP contribution in [-0.4, -0.2) is 64.1 Å². The fourth-order valence-corrected chi connectivity index (χ4v) is 4.72. The Morgan fingerprint density at radius 3 is 2.54 bits per heavy atom. The van der Waals surface area contributed by atoms with E-state index in [4.69, 9.17) is 0 Å². The molecule has 0 aliphatic carbocycles. The van der Waals surface area contributed by atoms with Crippen LogP contribution in [0.2, 0.25) is 0 Å². The van der Waals surface area contributed by atoms with Gasteiger partial charge in [0.1, 0.15) is 6.54 Å². The minimum Gasteiger partial charge on any atom is -0.354 e. The summed E-state index contributed by atoms with van der Waals surface area (Å²) in [6.07, 6.45) is 5.09. The minimum absolute atomic E-state index is 0.0694. The molecule has 4 aliphatic rings. The van der Waals surface area contributed by atoms with E-state index in [1.165, 1.54) is 0 Å². The van der Waals surface area contributed by atoms with Gasteiger partial charge < -0.3 is 15.1 Å². The molecule has 7 nitrogen and oxygen atoms in total. The molecule has 0 saturated carbocycles. The first-order valence-electron chi connectivity index (χ1n) is 10.0. The average Bonchev–Trinajstić information content (AvgIpc) is 3.29. The zero-order valence-electron chi connectivity index (χ0n) is 15.9. The number of hydrogen-bond donors (Lipinski definition) is 1. The Morgan fingerprint density at radius 2 is 1.82 bits per heavy atom. The van der Waals surface area contributed by atoms with Crippen molar-refractivity contribution >= 4 is 11.8 Å². The largest absolute Gasteiger partial charge is 0.354 e. The van der Waals surface area contributed by atoms with Gasteiger partial charge in [-0.25, -0.2) is 4.68 Å². The highest BCUT2D eigenvalue weighted by Gasteiger charge is 2.39. The highest BCUT2D eigenvalue weighted by atomic mass is 16.2. The van der Waals surface area contributed by atoms with Crippen molar-refractivity contribution in [3.05, 3.63) is 47.8 Å². The van der Waals surface area contributed by atoms with E-state index in [1.54, 1.807) is 15.8 Å². The van der Waals surface area contributed by atoms with Gasteiger partial charge in [0.25, 0.3) is 5.91 Å². The van der Waals surface area contributed by atoms with Crippen molar-refractivity contribution in [3.63, 3.8) is 0 Å². The molecular formula is C21H25N5O2. The molecule has 1 aromatic carbocycles. The molecule has 7 heteroatoms. The van der Waals surface area contributed by atoms with Crippen LogP contribution in [0.1, 0.15) is 35.3 Å². The molecule has 5 heterocycles.